The minimum absolute atomic E-state index is 0.0313. The lowest BCUT2D eigenvalue weighted by molar-refractivity contribution is -0.393. The molecule has 100 valence electrons. The van der Waals surface area contributed by atoms with Gasteiger partial charge in [-0.3, -0.25) is 30.4 Å². The first kappa shape index (κ1) is 14.2. The Balaban J connectivity index is 3.14. The van der Waals surface area contributed by atoms with Crippen LogP contribution in [0.1, 0.15) is 13.8 Å². The molecule has 1 aromatic rings. The van der Waals surface area contributed by atoms with Crippen LogP contribution in [0.15, 0.2) is 23.3 Å². The third-order valence-electron chi connectivity index (χ3n) is 2.24. The molecule has 0 aliphatic rings. The molecule has 0 amide bonds. The van der Waals surface area contributed by atoms with Gasteiger partial charge in [0.1, 0.15) is 11.4 Å². The molecule has 0 saturated heterocycles. The summed E-state index contributed by atoms with van der Waals surface area (Å²) in [5.74, 6) is -0.294. The molecular weight excluding hydrogens is 256 g/mol. The highest BCUT2D eigenvalue weighted by Gasteiger charge is 2.19. The molecule has 0 aliphatic carbocycles. The van der Waals surface area contributed by atoms with Crippen molar-refractivity contribution >= 4 is 28.6 Å². The second-order valence-electron chi connectivity index (χ2n) is 3.58. The van der Waals surface area contributed by atoms with Crippen LogP contribution in [0, 0.1) is 20.2 Å². The average Bonchev–Trinajstić information content (AvgIpc) is 2.35. The molecule has 0 unspecified atom stereocenters. The topological polar surface area (TPSA) is 128 Å². The summed E-state index contributed by atoms with van der Waals surface area (Å²) in [7, 11) is 0. The number of ketones is 1. The number of carbonyl (C=O) groups is 1. The van der Waals surface area contributed by atoms with Gasteiger partial charge < -0.3 is 0 Å². The van der Waals surface area contributed by atoms with E-state index in [1.807, 2.05) is 0 Å². The Hall–Kier alpha value is -2.84. The smallest absolute Gasteiger partial charge is 0.293 e. The van der Waals surface area contributed by atoms with Gasteiger partial charge in [0.2, 0.25) is 0 Å². The zero-order chi connectivity index (χ0) is 14.6. The van der Waals surface area contributed by atoms with Gasteiger partial charge in [-0.2, -0.15) is 5.10 Å². The zero-order valence-corrected chi connectivity index (χ0v) is 10.1. The van der Waals surface area contributed by atoms with Crippen LogP contribution in [0.4, 0.5) is 17.1 Å². The molecule has 0 heterocycles. The van der Waals surface area contributed by atoms with Crippen molar-refractivity contribution in [3.05, 3.63) is 38.4 Å². The molecule has 0 fully saturated rings. The van der Waals surface area contributed by atoms with Crippen LogP contribution in [-0.4, -0.2) is 21.3 Å². The van der Waals surface area contributed by atoms with Gasteiger partial charge in [-0.1, -0.05) is 0 Å². The second-order valence-corrected chi connectivity index (χ2v) is 3.58. The summed E-state index contributed by atoms with van der Waals surface area (Å²) in [4.78, 5) is 30.8. The predicted octanol–water partition coefficient (Wildman–Crippen LogP) is 1.88. The molecule has 1 rings (SSSR count). The number of anilines is 1. The van der Waals surface area contributed by atoms with E-state index in [0.29, 0.717) is 0 Å². The Morgan fingerprint density at radius 1 is 1.21 bits per heavy atom. The van der Waals surface area contributed by atoms with Crippen LogP contribution in [-0.2, 0) is 4.79 Å². The number of nitrogens with one attached hydrogen (secondary N) is 1. The largest absolute Gasteiger partial charge is 0.301 e. The Bertz CT molecular complexity index is 581. The van der Waals surface area contributed by atoms with Crippen molar-refractivity contribution in [2.75, 3.05) is 5.43 Å². The Morgan fingerprint density at radius 2 is 1.84 bits per heavy atom. The van der Waals surface area contributed by atoms with Gasteiger partial charge in [-0.15, -0.1) is 0 Å². The Kier molecular flexibility index (Phi) is 4.24. The number of carbonyl (C=O) groups excluding carboxylic acids is 1. The normalized spacial score (nSPS) is 10.9. The number of nitro benzene ring substituents is 2. The van der Waals surface area contributed by atoms with Crippen LogP contribution in [0.3, 0.4) is 0 Å². The molecular formula is C10H10N4O5. The summed E-state index contributed by atoms with van der Waals surface area (Å²) in [5, 5.41) is 25.0. The fraction of sp³-hybridized carbons (Fsp3) is 0.200. The highest BCUT2D eigenvalue weighted by atomic mass is 16.6. The zero-order valence-electron chi connectivity index (χ0n) is 10.1. The van der Waals surface area contributed by atoms with Crippen LogP contribution in [0.2, 0.25) is 0 Å². The molecule has 0 atom stereocenters. The fourth-order valence-corrected chi connectivity index (χ4v) is 1.10. The predicted molar refractivity (Wildman–Crippen MR) is 67.2 cm³/mol. The van der Waals surface area contributed by atoms with Crippen molar-refractivity contribution in [3.8, 4) is 0 Å². The number of nitrogens with zero attached hydrogens (tertiary/aromatic N) is 3. The molecule has 1 N–H and O–H groups in total. The van der Waals surface area contributed by atoms with E-state index in [-0.39, 0.29) is 17.2 Å². The molecule has 0 aromatic heterocycles. The van der Waals surface area contributed by atoms with Crippen LogP contribution >= 0.6 is 0 Å². The van der Waals surface area contributed by atoms with Crippen LogP contribution in [0.25, 0.3) is 0 Å². The Morgan fingerprint density at radius 3 is 2.32 bits per heavy atom. The van der Waals surface area contributed by atoms with Crippen molar-refractivity contribution < 1.29 is 14.6 Å². The van der Waals surface area contributed by atoms with Gasteiger partial charge in [0.15, 0.2) is 5.78 Å². The van der Waals surface area contributed by atoms with Crippen LogP contribution in [0.5, 0.6) is 0 Å². The lowest BCUT2D eigenvalue weighted by atomic mass is 10.2. The number of hydrogen-bond acceptors (Lipinski definition) is 7. The van der Waals surface area contributed by atoms with E-state index in [2.05, 4.69) is 10.5 Å². The minimum atomic E-state index is -0.770. The molecule has 0 spiro atoms. The lowest BCUT2D eigenvalue weighted by Crippen LogP contribution is -2.08. The number of rotatable bonds is 5. The number of non-ortho nitro benzene ring substituents is 1. The molecule has 1 aromatic carbocycles. The minimum Gasteiger partial charge on any atom is -0.293 e. The fourth-order valence-electron chi connectivity index (χ4n) is 1.10. The first-order chi connectivity index (χ1) is 8.82. The molecule has 9 heteroatoms. The Labute approximate surface area is 107 Å². The summed E-state index contributed by atoms with van der Waals surface area (Å²) in [6.07, 6.45) is 0. The van der Waals surface area contributed by atoms with Gasteiger partial charge in [-0.25, -0.2) is 0 Å². The quantitative estimate of drug-likeness (QED) is 0.492. The molecule has 0 aliphatic heterocycles. The van der Waals surface area contributed by atoms with E-state index in [4.69, 9.17) is 0 Å². The standard InChI is InChI=1S/C10H10N4O5/c1-6(7(2)15)11-12-9-4-3-8(13(16)17)5-10(9)14(18)19/h3-5,12H,1-2H3/b11-6-. The summed E-state index contributed by atoms with van der Waals surface area (Å²) in [6.45, 7) is 2.73. The SMILES string of the molecule is CC(=O)/C(C)=N\Nc1ccc([N+](=O)[O-])cc1[N+](=O)[O-]. The molecule has 0 saturated carbocycles. The van der Waals surface area contributed by atoms with Crippen LogP contribution < -0.4 is 5.43 Å². The van der Waals surface area contributed by atoms with E-state index < -0.39 is 21.2 Å². The van der Waals surface area contributed by atoms with Crippen molar-refractivity contribution in [1.29, 1.82) is 0 Å². The van der Waals surface area contributed by atoms with E-state index in [9.17, 15) is 25.0 Å². The number of hydrogen-bond donors (Lipinski definition) is 1. The maximum atomic E-state index is 10.9. The average molecular weight is 266 g/mol. The third-order valence-corrected chi connectivity index (χ3v) is 2.24. The third kappa shape index (κ3) is 3.56. The maximum absolute atomic E-state index is 10.9. The molecule has 9 nitrogen and oxygen atoms in total. The van der Waals surface area contributed by atoms with Gasteiger partial charge in [0.25, 0.3) is 5.69 Å². The summed E-state index contributed by atoms with van der Waals surface area (Å²) < 4.78 is 0. The first-order valence-electron chi connectivity index (χ1n) is 5.07. The lowest BCUT2D eigenvalue weighted by Gasteiger charge is -2.02. The number of benzene rings is 1. The van der Waals surface area contributed by atoms with Crippen molar-refractivity contribution in [2.45, 2.75) is 13.8 Å². The van der Waals surface area contributed by atoms with E-state index in [1.54, 1.807) is 0 Å². The monoisotopic (exact) mass is 266 g/mol. The van der Waals surface area contributed by atoms with Crippen molar-refractivity contribution in [1.82, 2.24) is 0 Å². The van der Waals surface area contributed by atoms with Gasteiger partial charge in [0, 0.05) is 13.0 Å². The highest BCUT2D eigenvalue weighted by Crippen LogP contribution is 2.28. The molecule has 0 bridgehead atoms. The first-order valence-corrected chi connectivity index (χ1v) is 5.07. The van der Waals surface area contributed by atoms with Gasteiger partial charge >= 0.3 is 5.69 Å². The summed E-state index contributed by atoms with van der Waals surface area (Å²) >= 11 is 0. The highest BCUT2D eigenvalue weighted by molar-refractivity contribution is 6.38. The van der Waals surface area contributed by atoms with E-state index >= 15 is 0 Å². The number of hydrazone groups is 1. The number of nitro groups is 2. The van der Waals surface area contributed by atoms with E-state index in [0.717, 1.165) is 18.2 Å². The molecule has 0 radical (unpaired) electrons. The van der Waals surface area contributed by atoms with Crippen molar-refractivity contribution in [3.63, 3.8) is 0 Å². The van der Waals surface area contributed by atoms with Crippen molar-refractivity contribution in [2.24, 2.45) is 5.10 Å². The second kappa shape index (κ2) is 5.67. The van der Waals surface area contributed by atoms with Gasteiger partial charge in [-0.05, 0) is 13.0 Å². The van der Waals surface area contributed by atoms with E-state index in [1.165, 1.54) is 13.8 Å². The maximum Gasteiger partial charge on any atom is 0.301 e. The van der Waals surface area contributed by atoms with Gasteiger partial charge in [0.05, 0.1) is 15.9 Å². The number of Topliss-reactive ketones (excluding diaryl/α,β-unsaturated/α-hetero) is 1. The molecule has 19 heavy (non-hydrogen) atoms. The summed E-state index contributed by atoms with van der Waals surface area (Å²) in [6, 6.07) is 3.09. The summed E-state index contributed by atoms with van der Waals surface area (Å²) in [5.41, 5.74) is 1.56.